The van der Waals surface area contributed by atoms with E-state index in [1.165, 1.54) is 6.08 Å². The lowest BCUT2D eigenvalue weighted by atomic mass is 10.3. The van der Waals surface area contributed by atoms with Gasteiger partial charge >= 0.3 is 6.08 Å². The third-order valence-corrected chi connectivity index (χ3v) is 0.425. The third-order valence-electron chi connectivity index (χ3n) is 0.425. The van der Waals surface area contributed by atoms with Crippen LogP contribution in [0.4, 0.5) is 0 Å². The fourth-order valence-electron chi connectivity index (χ4n) is 0.180. The van der Waals surface area contributed by atoms with Crippen molar-refractivity contribution < 1.29 is 4.79 Å². The lowest BCUT2D eigenvalue weighted by Gasteiger charge is -1.73. The highest BCUT2D eigenvalue weighted by Crippen LogP contribution is 1.78. The Morgan fingerprint density at radius 3 is 2.43 bits per heavy atom. The highest BCUT2D eigenvalue weighted by atomic mass is 16.1. The number of hydrogen-bond donors (Lipinski definition) is 0. The molecule has 0 rings (SSSR count). The molecule has 0 heterocycles. The van der Waals surface area contributed by atoms with E-state index < -0.39 is 0 Å². The molecule has 0 unspecified atom stereocenters. The summed E-state index contributed by atoms with van der Waals surface area (Å²) in [6.45, 7) is 3.89. The maximum Gasteiger partial charge on any atom is 0.567 e. The Morgan fingerprint density at radius 1 is 1.71 bits per heavy atom. The van der Waals surface area contributed by atoms with Crippen molar-refractivity contribution in [2.45, 2.75) is 13.8 Å². The van der Waals surface area contributed by atoms with E-state index in [1.54, 1.807) is 6.21 Å². The fourth-order valence-corrected chi connectivity index (χ4v) is 0.180. The predicted molar refractivity (Wildman–Crippen MR) is 28.7 cm³/mol. The first kappa shape index (κ1) is 6.16. The first-order valence-corrected chi connectivity index (χ1v) is 2.17. The molecule has 0 fully saturated rings. The lowest BCUT2D eigenvalue weighted by Crippen LogP contribution is -1.88. The molecule has 0 aliphatic rings. The number of isocyanates is 1. The molecule has 2 heteroatoms. The van der Waals surface area contributed by atoms with Crippen LogP contribution >= 0.6 is 0 Å². The molecule has 0 saturated heterocycles. The van der Waals surface area contributed by atoms with Crippen LogP contribution in [0.1, 0.15) is 13.8 Å². The summed E-state index contributed by atoms with van der Waals surface area (Å²) in [7, 11) is 0. The van der Waals surface area contributed by atoms with Gasteiger partial charge in [-0.3, -0.25) is 0 Å². The van der Waals surface area contributed by atoms with Gasteiger partial charge in [0.2, 0.25) is 0 Å². The van der Waals surface area contributed by atoms with Crippen LogP contribution in [0.2, 0.25) is 0 Å². The van der Waals surface area contributed by atoms with Crippen LogP contribution in [-0.4, -0.2) is 12.3 Å². The number of hydrogen-bond acceptors (Lipinski definition) is 1. The van der Waals surface area contributed by atoms with Crippen molar-refractivity contribution in [3.63, 3.8) is 0 Å². The molecule has 7 heavy (non-hydrogen) atoms. The smallest absolute Gasteiger partial charge is 0.145 e. The molecule has 0 spiro atoms. The largest absolute Gasteiger partial charge is 0.567 e. The molecule has 0 bridgehead atoms. The molecule has 0 radical (unpaired) electrons. The fraction of sp³-hybridized carbons (Fsp3) is 0.600. The maximum atomic E-state index is 9.39. The molecular weight excluding hydrogens is 90.1 g/mol. The molecule has 0 atom stereocenters. The Kier molecular flexibility index (Phi) is 2.95. The van der Waals surface area contributed by atoms with Crippen molar-refractivity contribution in [3.05, 3.63) is 0 Å². The Labute approximate surface area is 42.6 Å². The number of carbonyl (C=O) groups excluding carboxylic acids is 1. The zero-order chi connectivity index (χ0) is 5.70. The van der Waals surface area contributed by atoms with Crippen LogP contribution in [0, 0.1) is 5.92 Å². The van der Waals surface area contributed by atoms with Gasteiger partial charge in [0.25, 0.3) is 6.21 Å². The van der Waals surface area contributed by atoms with E-state index in [2.05, 4.69) is 4.67 Å². The topological polar surface area (TPSA) is 31.2 Å². The van der Waals surface area contributed by atoms with Crippen LogP contribution in [0.5, 0.6) is 0 Å². The Bertz CT molecular complexity index is 116. The summed E-state index contributed by atoms with van der Waals surface area (Å²) in [6, 6.07) is 0. The summed E-state index contributed by atoms with van der Waals surface area (Å²) in [6.07, 6.45) is 2.97. The molecule has 0 aromatic carbocycles. The van der Waals surface area contributed by atoms with Gasteiger partial charge in [-0.1, -0.05) is 13.8 Å². The third kappa shape index (κ3) is 5.16. The Hall–Kier alpha value is -0.840. The number of rotatable bonds is 1. The van der Waals surface area contributed by atoms with E-state index in [0.29, 0.717) is 5.92 Å². The second-order valence-corrected chi connectivity index (χ2v) is 1.61. The molecule has 0 saturated carbocycles. The van der Waals surface area contributed by atoms with Gasteiger partial charge in [-0.05, 0) is 0 Å². The van der Waals surface area contributed by atoms with E-state index >= 15 is 0 Å². The van der Waals surface area contributed by atoms with Crippen LogP contribution in [0.3, 0.4) is 0 Å². The van der Waals surface area contributed by atoms with Gasteiger partial charge in [-0.15, -0.1) is 4.79 Å². The molecule has 0 amide bonds. The summed E-state index contributed by atoms with van der Waals surface area (Å²) in [5, 5.41) is 0. The van der Waals surface area contributed by atoms with Crippen LogP contribution < -0.4 is 4.67 Å². The summed E-state index contributed by atoms with van der Waals surface area (Å²) in [5.41, 5.74) is 0. The van der Waals surface area contributed by atoms with E-state index in [9.17, 15) is 4.79 Å². The van der Waals surface area contributed by atoms with Gasteiger partial charge in [0.05, 0.1) is 0 Å². The van der Waals surface area contributed by atoms with Gasteiger partial charge in [0, 0.05) is 10.6 Å². The minimum absolute atomic E-state index is 0.349. The van der Waals surface area contributed by atoms with Gasteiger partial charge in [-0.2, -0.15) is 0 Å². The first-order valence-electron chi connectivity index (χ1n) is 2.17. The van der Waals surface area contributed by atoms with E-state index in [4.69, 9.17) is 0 Å². The van der Waals surface area contributed by atoms with E-state index in [1.807, 2.05) is 13.8 Å². The van der Waals surface area contributed by atoms with Crippen LogP contribution in [-0.2, 0) is 4.79 Å². The average Bonchev–Trinajstić information content (AvgIpc) is 1.61. The zero-order valence-electron chi connectivity index (χ0n) is 4.51. The van der Waals surface area contributed by atoms with Crippen molar-refractivity contribution in [1.29, 1.82) is 0 Å². The van der Waals surface area contributed by atoms with Crippen molar-refractivity contribution in [2.24, 2.45) is 5.92 Å². The summed E-state index contributed by atoms with van der Waals surface area (Å²) < 4.78 is 3.24. The highest BCUT2D eigenvalue weighted by molar-refractivity contribution is 5.61. The standard InChI is InChI=1S/C5H8NO/c1-5(2)3-6-4-7/h3,5H,1-2H3/q+1. The maximum absolute atomic E-state index is 9.39. The normalized spacial score (nSPS) is 7.29. The summed E-state index contributed by atoms with van der Waals surface area (Å²) in [4.78, 5) is 9.39. The van der Waals surface area contributed by atoms with Crippen LogP contribution in [0.15, 0.2) is 0 Å². The quantitative estimate of drug-likeness (QED) is 0.260. The summed E-state index contributed by atoms with van der Waals surface area (Å²) >= 11 is 0. The van der Waals surface area contributed by atoms with Crippen molar-refractivity contribution in [3.8, 4) is 0 Å². The van der Waals surface area contributed by atoms with Crippen LogP contribution in [0.25, 0.3) is 0 Å². The minimum Gasteiger partial charge on any atom is -0.145 e. The highest BCUT2D eigenvalue weighted by Gasteiger charge is 1.89. The molecule has 0 aliphatic heterocycles. The molecule has 0 aromatic heterocycles. The van der Waals surface area contributed by atoms with Crippen molar-refractivity contribution in [2.75, 3.05) is 0 Å². The second-order valence-electron chi connectivity index (χ2n) is 1.61. The minimum atomic E-state index is 0.349. The van der Waals surface area contributed by atoms with Gasteiger partial charge in [-0.25, -0.2) is 0 Å². The Morgan fingerprint density at radius 2 is 2.29 bits per heavy atom. The van der Waals surface area contributed by atoms with Crippen molar-refractivity contribution >= 4 is 12.3 Å². The van der Waals surface area contributed by atoms with Gasteiger partial charge in [0.15, 0.2) is 0 Å². The zero-order valence-corrected chi connectivity index (χ0v) is 4.51. The molecular formula is C5H8NO+. The SMILES string of the molecule is CC(C)C=[N+]=C=O. The molecule has 38 valence electrons. The van der Waals surface area contributed by atoms with E-state index in [0.717, 1.165) is 0 Å². The Balaban J connectivity index is 3.69. The van der Waals surface area contributed by atoms with Crippen molar-refractivity contribution in [1.82, 2.24) is 4.67 Å². The molecule has 0 aromatic rings. The monoisotopic (exact) mass is 98.1 g/mol. The molecule has 2 nitrogen and oxygen atoms in total. The predicted octanol–water partition coefficient (Wildman–Crippen LogP) is 0.116. The molecule has 0 N–H and O–H groups in total. The van der Waals surface area contributed by atoms with E-state index in [-0.39, 0.29) is 0 Å². The summed E-state index contributed by atoms with van der Waals surface area (Å²) in [5.74, 6) is 0.349. The first-order chi connectivity index (χ1) is 3.27. The second kappa shape index (κ2) is 3.35. The van der Waals surface area contributed by atoms with Gasteiger partial charge in [0.1, 0.15) is 0 Å². The van der Waals surface area contributed by atoms with Gasteiger partial charge < -0.3 is 0 Å². The lowest BCUT2D eigenvalue weighted by molar-refractivity contribution is 0.564. The average molecular weight is 98.1 g/mol. The number of nitrogens with zero attached hydrogens (tertiary/aromatic N) is 1. The molecule has 0 aliphatic carbocycles.